The molecule has 0 spiro atoms. The standard InChI is InChI=1S/C20H28N6O.2ClH/c1-15(25-11-8-16-4-2-3-5-17(16)13-25)12-22-20(27)19-14-26(24-23-19)18-6-9-21-10-7-18;;/h2-5,14-15,18,21H,6-13H2,1H3,(H,22,27);2*1H. The van der Waals surface area contributed by atoms with E-state index in [0.717, 1.165) is 45.4 Å². The minimum atomic E-state index is -0.139. The van der Waals surface area contributed by atoms with E-state index in [1.807, 2.05) is 4.68 Å². The average molecular weight is 441 g/mol. The van der Waals surface area contributed by atoms with Gasteiger partial charge in [0.15, 0.2) is 5.69 Å². The van der Waals surface area contributed by atoms with Crippen molar-refractivity contribution in [1.29, 1.82) is 0 Å². The Hall–Kier alpha value is -1.67. The number of nitrogens with zero attached hydrogens (tertiary/aromatic N) is 4. The van der Waals surface area contributed by atoms with Crippen molar-refractivity contribution >= 4 is 30.7 Å². The van der Waals surface area contributed by atoms with E-state index in [4.69, 9.17) is 0 Å². The number of amides is 1. The fourth-order valence-corrected chi connectivity index (χ4v) is 3.98. The van der Waals surface area contributed by atoms with E-state index in [1.54, 1.807) is 6.20 Å². The van der Waals surface area contributed by atoms with Crippen LogP contribution in [0.2, 0.25) is 0 Å². The highest BCUT2D eigenvalue weighted by Gasteiger charge is 2.22. The molecule has 1 unspecified atom stereocenters. The molecule has 1 saturated heterocycles. The first-order valence-corrected chi connectivity index (χ1v) is 9.92. The molecule has 2 N–H and O–H groups in total. The Kier molecular flexibility index (Phi) is 8.89. The number of rotatable bonds is 5. The molecule has 2 aromatic rings. The number of benzene rings is 1. The molecule has 1 aromatic heterocycles. The molecule has 0 bridgehead atoms. The van der Waals surface area contributed by atoms with Crippen molar-refractivity contribution in [2.45, 2.75) is 44.8 Å². The fraction of sp³-hybridized carbons (Fsp3) is 0.550. The van der Waals surface area contributed by atoms with E-state index in [9.17, 15) is 4.79 Å². The van der Waals surface area contributed by atoms with Crippen molar-refractivity contribution in [2.75, 3.05) is 26.2 Å². The van der Waals surface area contributed by atoms with E-state index >= 15 is 0 Å². The predicted octanol–water partition coefficient (Wildman–Crippen LogP) is 2.22. The normalized spacial score (nSPS) is 18.1. The number of aromatic nitrogens is 3. The van der Waals surface area contributed by atoms with Crippen LogP contribution in [0.25, 0.3) is 0 Å². The number of fused-ring (bicyclic) bond motifs is 1. The van der Waals surface area contributed by atoms with Crippen molar-refractivity contribution in [3.05, 3.63) is 47.3 Å². The predicted molar refractivity (Wildman–Crippen MR) is 118 cm³/mol. The van der Waals surface area contributed by atoms with Crippen LogP contribution in [-0.4, -0.2) is 58.0 Å². The number of hydrogen-bond donors (Lipinski definition) is 2. The third kappa shape index (κ3) is 5.69. The number of halogens is 2. The topological polar surface area (TPSA) is 75.1 Å². The van der Waals surface area contributed by atoms with E-state index in [0.29, 0.717) is 18.3 Å². The van der Waals surface area contributed by atoms with Crippen LogP contribution in [0.5, 0.6) is 0 Å². The zero-order valence-corrected chi connectivity index (χ0v) is 18.3. The van der Waals surface area contributed by atoms with E-state index in [-0.39, 0.29) is 36.8 Å². The number of piperidine rings is 1. The molecule has 0 radical (unpaired) electrons. The van der Waals surface area contributed by atoms with Crippen LogP contribution in [0.15, 0.2) is 30.5 Å². The SMILES string of the molecule is CC(CNC(=O)c1cn(C2CCNCC2)nn1)N1CCc2ccccc2C1.Cl.Cl. The summed E-state index contributed by atoms with van der Waals surface area (Å²) in [4.78, 5) is 14.9. The Labute approximate surface area is 184 Å². The van der Waals surface area contributed by atoms with Crippen LogP contribution in [0.3, 0.4) is 0 Å². The first-order chi connectivity index (χ1) is 13.2. The maximum absolute atomic E-state index is 12.5. The lowest BCUT2D eigenvalue weighted by atomic mass is 9.99. The second-order valence-electron chi connectivity index (χ2n) is 7.61. The number of nitrogens with one attached hydrogen (secondary N) is 2. The van der Waals surface area contributed by atoms with Gasteiger partial charge < -0.3 is 10.6 Å². The fourth-order valence-electron chi connectivity index (χ4n) is 3.98. The zero-order chi connectivity index (χ0) is 18.6. The minimum absolute atomic E-state index is 0. The van der Waals surface area contributed by atoms with Crippen molar-refractivity contribution in [3.63, 3.8) is 0 Å². The van der Waals surface area contributed by atoms with Gasteiger partial charge in [-0.2, -0.15) is 0 Å². The van der Waals surface area contributed by atoms with Gasteiger partial charge in [0.2, 0.25) is 0 Å². The molecule has 3 heterocycles. The molecule has 7 nitrogen and oxygen atoms in total. The summed E-state index contributed by atoms with van der Waals surface area (Å²) in [7, 11) is 0. The first-order valence-electron chi connectivity index (χ1n) is 9.92. The van der Waals surface area contributed by atoms with Crippen molar-refractivity contribution < 1.29 is 4.79 Å². The van der Waals surface area contributed by atoms with Crippen LogP contribution in [0, 0.1) is 0 Å². The van der Waals surface area contributed by atoms with Crippen LogP contribution < -0.4 is 10.6 Å². The molecule has 1 amide bonds. The Morgan fingerprint density at radius 3 is 2.72 bits per heavy atom. The molecular weight excluding hydrogens is 411 g/mol. The molecule has 160 valence electrons. The lowest BCUT2D eigenvalue weighted by Crippen LogP contribution is -2.44. The monoisotopic (exact) mass is 440 g/mol. The molecule has 0 aliphatic carbocycles. The quantitative estimate of drug-likeness (QED) is 0.745. The van der Waals surface area contributed by atoms with Crippen molar-refractivity contribution in [3.8, 4) is 0 Å². The summed E-state index contributed by atoms with van der Waals surface area (Å²) in [6.45, 7) is 6.73. The summed E-state index contributed by atoms with van der Waals surface area (Å²) in [5, 5.41) is 14.6. The number of carbonyl (C=O) groups excluding carboxylic acids is 1. The smallest absolute Gasteiger partial charge is 0.273 e. The van der Waals surface area contributed by atoms with Gasteiger partial charge in [-0.25, -0.2) is 4.68 Å². The molecule has 2 aliphatic rings. The van der Waals surface area contributed by atoms with Crippen molar-refractivity contribution in [2.24, 2.45) is 0 Å². The van der Waals surface area contributed by atoms with Crippen molar-refractivity contribution in [1.82, 2.24) is 30.5 Å². The second-order valence-corrected chi connectivity index (χ2v) is 7.61. The van der Waals surface area contributed by atoms with Crippen LogP contribution in [0.1, 0.15) is 47.4 Å². The van der Waals surface area contributed by atoms with Gasteiger partial charge in [-0.1, -0.05) is 29.5 Å². The molecule has 4 rings (SSSR count). The number of carbonyl (C=O) groups is 1. The molecule has 1 aromatic carbocycles. The molecule has 1 atom stereocenters. The Morgan fingerprint density at radius 1 is 1.24 bits per heavy atom. The Morgan fingerprint density at radius 2 is 1.97 bits per heavy atom. The Balaban J connectivity index is 0.00000150. The minimum Gasteiger partial charge on any atom is -0.349 e. The molecule has 2 aliphatic heterocycles. The third-order valence-corrected chi connectivity index (χ3v) is 5.77. The molecule has 1 fully saturated rings. The summed E-state index contributed by atoms with van der Waals surface area (Å²) in [5.74, 6) is -0.139. The summed E-state index contributed by atoms with van der Waals surface area (Å²) in [6, 6.07) is 9.24. The highest BCUT2D eigenvalue weighted by atomic mass is 35.5. The van der Waals surface area contributed by atoms with Gasteiger partial charge in [0, 0.05) is 25.7 Å². The molecular formula is C20H30Cl2N6O. The lowest BCUT2D eigenvalue weighted by molar-refractivity contribution is 0.0927. The summed E-state index contributed by atoms with van der Waals surface area (Å²) >= 11 is 0. The largest absolute Gasteiger partial charge is 0.349 e. The van der Waals surface area contributed by atoms with Gasteiger partial charge in [0.1, 0.15) is 0 Å². The van der Waals surface area contributed by atoms with E-state index in [2.05, 4.69) is 57.0 Å². The average Bonchev–Trinajstić information content (AvgIpc) is 3.22. The first kappa shape index (κ1) is 23.6. The van der Waals surface area contributed by atoms with E-state index < -0.39 is 0 Å². The molecule has 29 heavy (non-hydrogen) atoms. The van der Waals surface area contributed by atoms with Crippen LogP contribution >= 0.6 is 24.8 Å². The van der Waals surface area contributed by atoms with E-state index in [1.165, 1.54) is 11.1 Å². The summed E-state index contributed by atoms with van der Waals surface area (Å²) in [5.41, 5.74) is 3.25. The summed E-state index contributed by atoms with van der Waals surface area (Å²) in [6.07, 6.45) is 4.90. The summed E-state index contributed by atoms with van der Waals surface area (Å²) < 4.78 is 1.85. The van der Waals surface area contributed by atoms with Gasteiger partial charge in [-0.3, -0.25) is 9.69 Å². The maximum Gasteiger partial charge on any atom is 0.273 e. The van der Waals surface area contributed by atoms with Crippen LogP contribution in [-0.2, 0) is 13.0 Å². The second kappa shape index (κ2) is 10.9. The Bertz CT molecular complexity index is 793. The van der Waals surface area contributed by atoms with Gasteiger partial charge >= 0.3 is 0 Å². The number of hydrogen-bond acceptors (Lipinski definition) is 5. The molecule has 9 heteroatoms. The highest BCUT2D eigenvalue weighted by molar-refractivity contribution is 5.91. The van der Waals surface area contributed by atoms with Crippen LogP contribution in [0.4, 0.5) is 0 Å². The molecule has 0 saturated carbocycles. The maximum atomic E-state index is 12.5. The highest BCUT2D eigenvalue weighted by Crippen LogP contribution is 2.20. The van der Waals surface area contributed by atoms with Gasteiger partial charge in [0.05, 0.1) is 12.2 Å². The van der Waals surface area contributed by atoms with Gasteiger partial charge in [-0.05, 0) is 50.4 Å². The zero-order valence-electron chi connectivity index (χ0n) is 16.7. The third-order valence-electron chi connectivity index (χ3n) is 5.77. The lowest BCUT2D eigenvalue weighted by Gasteiger charge is -2.33. The van der Waals surface area contributed by atoms with Gasteiger partial charge in [0.25, 0.3) is 5.91 Å². The van der Waals surface area contributed by atoms with Gasteiger partial charge in [-0.15, -0.1) is 29.9 Å².